The molecule has 6 heteroatoms. The van der Waals surface area contributed by atoms with E-state index in [-0.39, 0.29) is 18.9 Å². The number of amides is 1. The van der Waals surface area contributed by atoms with Crippen molar-refractivity contribution >= 4 is 11.9 Å². The second-order valence-electron chi connectivity index (χ2n) is 3.53. The van der Waals surface area contributed by atoms with E-state index < -0.39 is 18.7 Å². The Morgan fingerprint density at radius 2 is 2.44 bits per heavy atom. The van der Waals surface area contributed by atoms with E-state index in [0.29, 0.717) is 19.7 Å². The van der Waals surface area contributed by atoms with Gasteiger partial charge in [0.15, 0.2) is 0 Å². The number of carbonyl (C=O) groups excluding carboxylic acids is 2. The van der Waals surface area contributed by atoms with Gasteiger partial charge in [-0.15, -0.1) is 0 Å². The number of nitrogens with one attached hydrogen (secondary N) is 1. The number of carbonyl (C=O) groups is 2. The van der Waals surface area contributed by atoms with Crippen molar-refractivity contribution < 1.29 is 18.7 Å². The lowest BCUT2D eigenvalue weighted by Crippen LogP contribution is -2.56. The fourth-order valence-electron chi connectivity index (χ4n) is 1.66. The smallest absolute Gasteiger partial charge is 0.307 e. The summed E-state index contributed by atoms with van der Waals surface area (Å²) in [4.78, 5) is 24.4. The highest BCUT2D eigenvalue weighted by Crippen LogP contribution is 2.06. The first kappa shape index (κ1) is 12.9. The van der Waals surface area contributed by atoms with Gasteiger partial charge in [0, 0.05) is 19.6 Å². The zero-order valence-corrected chi connectivity index (χ0v) is 9.37. The Morgan fingerprint density at radius 3 is 3.06 bits per heavy atom. The predicted octanol–water partition coefficient (Wildman–Crippen LogP) is -0.290. The molecule has 1 heterocycles. The third-order valence-corrected chi connectivity index (χ3v) is 2.41. The molecule has 1 N–H and O–H groups in total. The van der Waals surface area contributed by atoms with E-state index >= 15 is 0 Å². The third kappa shape index (κ3) is 3.44. The maximum absolute atomic E-state index is 12.2. The zero-order chi connectivity index (χ0) is 12.0. The van der Waals surface area contributed by atoms with E-state index in [1.54, 1.807) is 6.92 Å². The van der Waals surface area contributed by atoms with E-state index in [2.05, 4.69) is 5.32 Å². The highest BCUT2D eigenvalue weighted by Gasteiger charge is 2.30. The summed E-state index contributed by atoms with van der Waals surface area (Å²) < 4.78 is 16.9. The summed E-state index contributed by atoms with van der Waals surface area (Å²) in [5, 5.41) is 2.93. The van der Waals surface area contributed by atoms with Crippen molar-refractivity contribution in [3.05, 3.63) is 0 Å². The number of ether oxygens (including phenoxy) is 1. The fourth-order valence-corrected chi connectivity index (χ4v) is 1.66. The van der Waals surface area contributed by atoms with Gasteiger partial charge in [0.1, 0.15) is 6.67 Å². The van der Waals surface area contributed by atoms with E-state index in [1.807, 2.05) is 0 Å². The van der Waals surface area contributed by atoms with Crippen molar-refractivity contribution in [1.82, 2.24) is 10.2 Å². The Balaban J connectivity index is 2.46. The molecule has 0 aliphatic carbocycles. The van der Waals surface area contributed by atoms with Gasteiger partial charge >= 0.3 is 5.97 Å². The molecule has 1 saturated heterocycles. The minimum absolute atomic E-state index is 0.00938. The second-order valence-corrected chi connectivity index (χ2v) is 3.53. The van der Waals surface area contributed by atoms with Crippen LogP contribution in [-0.4, -0.2) is 55.7 Å². The molecule has 0 aromatic rings. The van der Waals surface area contributed by atoms with Crippen molar-refractivity contribution in [3.8, 4) is 0 Å². The van der Waals surface area contributed by atoms with Gasteiger partial charge in [-0.3, -0.25) is 9.59 Å². The molecular weight excluding hydrogens is 215 g/mol. The monoisotopic (exact) mass is 232 g/mol. The van der Waals surface area contributed by atoms with Crippen LogP contribution in [-0.2, 0) is 14.3 Å². The van der Waals surface area contributed by atoms with Crippen LogP contribution in [0.25, 0.3) is 0 Å². The molecule has 0 aromatic heterocycles. The number of piperazine rings is 1. The lowest BCUT2D eigenvalue weighted by molar-refractivity contribution is -0.148. The normalized spacial score (nSPS) is 21.0. The van der Waals surface area contributed by atoms with Crippen LogP contribution in [0.4, 0.5) is 4.39 Å². The minimum atomic E-state index is -0.570. The van der Waals surface area contributed by atoms with E-state index in [4.69, 9.17) is 4.74 Å². The molecule has 1 fully saturated rings. The van der Waals surface area contributed by atoms with Gasteiger partial charge in [-0.25, -0.2) is 4.39 Å². The average molecular weight is 232 g/mol. The zero-order valence-electron chi connectivity index (χ0n) is 9.37. The minimum Gasteiger partial charge on any atom is -0.466 e. The summed E-state index contributed by atoms with van der Waals surface area (Å²) in [5.74, 6) is -0.632. The van der Waals surface area contributed by atoms with Gasteiger partial charge in [-0.05, 0) is 6.92 Å². The first-order chi connectivity index (χ1) is 7.69. The van der Waals surface area contributed by atoms with Crippen LogP contribution in [0.3, 0.4) is 0 Å². The van der Waals surface area contributed by atoms with Crippen LogP contribution in [0.2, 0.25) is 0 Å². The molecule has 1 rings (SSSR count). The number of esters is 1. The Bertz CT molecular complexity index is 258. The first-order valence-corrected chi connectivity index (χ1v) is 5.42. The quantitative estimate of drug-likeness (QED) is 0.662. The number of hydrogen-bond donors (Lipinski definition) is 1. The Morgan fingerprint density at radius 1 is 1.69 bits per heavy atom. The highest BCUT2D eigenvalue weighted by molar-refractivity contribution is 5.87. The number of alkyl halides is 1. The Hall–Kier alpha value is -1.17. The summed E-state index contributed by atoms with van der Waals surface area (Å²) in [6.07, 6.45) is 0.00938. The maximum Gasteiger partial charge on any atom is 0.307 e. The Labute approximate surface area is 93.9 Å². The van der Waals surface area contributed by atoms with Gasteiger partial charge in [0.05, 0.1) is 19.1 Å². The van der Waals surface area contributed by atoms with Crippen LogP contribution in [0.1, 0.15) is 13.3 Å². The largest absolute Gasteiger partial charge is 0.466 e. The van der Waals surface area contributed by atoms with Gasteiger partial charge < -0.3 is 15.0 Å². The molecule has 1 unspecified atom stereocenters. The van der Waals surface area contributed by atoms with Crippen molar-refractivity contribution in [1.29, 1.82) is 0 Å². The molecule has 16 heavy (non-hydrogen) atoms. The summed E-state index contributed by atoms with van der Waals surface area (Å²) in [5.41, 5.74) is 0. The standard InChI is InChI=1S/C10H17FN2O3/c1-2-16-9(14)7-8-10(15)13(5-3-11)6-4-12-8/h8,12H,2-7H2,1H3. The molecule has 0 saturated carbocycles. The third-order valence-electron chi connectivity index (χ3n) is 2.41. The number of nitrogens with zero attached hydrogens (tertiary/aromatic N) is 1. The van der Waals surface area contributed by atoms with E-state index in [9.17, 15) is 14.0 Å². The second kappa shape index (κ2) is 6.42. The predicted molar refractivity (Wildman–Crippen MR) is 55.6 cm³/mol. The molecular formula is C10H17FN2O3. The number of halogens is 1. The van der Waals surface area contributed by atoms with Gasteiger partial charge in [-0.1, -0.05) is 0 Å². The van der Waals surface area contributed by atoms with Crippen LogP contribution in [0.5, 0.6) is 0 Å². The maximum atomic E-state index is 12.2. The molecule has 1 amide bonds. The highest BCUT2D eigenvalue weighted by atomic mass is 19.1. The molecule has 1 aliphatic rings. The molecule has 0 bridgehead atoms. The summed E-state index contributed by atoms with van der Waals surface area (Å²) in [6.45, 7) is 2.62. The lowest BCUT2D eigenvalue weighted by atomic mass is 10.1. The van der Waals surface area contributed by atoms with Crippen LogP contribution >= 0.6 is 0 Å². The SMILES string of the molecule is CCOC(=O)CC1NCCN(CCF)C1=O. The summed E-state index contributed by atoms with van der Waals surface area (Å²) >= 11 is 0. The van der Waals surface area contributed by atoms with Crippen LogP contribution in [0, 0.1) is 0 Å². The van der Waals surface area contributed by atoms with Crippen molar-refractivity contribution in [2.45, 2.75) is 19.4 Å². The van der Waals surface area contributed by atoms with E-state index in [0.717, 1.165) is 0 Å². The van der Waals surface area contributed by atoms with Gasteiger partial charge in [0.25, 0.3) is 0 Å². The summed E-state index contributed by atoms with van der Waals surface area (Å²) in [7, 11) is 0. The van der Waals surface area contributed by atoms with Crippen molar-refractivity contribution in [2.24, 2.45) is 0 Å². The summed E-state index contributed by atoms with van der Waals surface area (Å²) in [6, 6.07) is -0.570. The topological polar surface area (TPSA) is 58.6 Å². The Kier molecular flexibility index (Phi) is 5.18. The number of rotatable bonds is 5. The van der Waals surface area contributed by atoms with Crippen LogP contribution in [0.15, 0.2) is 0 Å². The van der Waals surface area contributed by atoms with Gasteiger partial charge in [0.2, 0.25) is 5.91 Å². The molecule has 1 atom stereocenters. The molecule has 0 aromatic carbocycles. The molecule has 0 spiro atoms. The lowest BCUT2D eigenvalue weighted by Gasteiger charge is -2.32. The number of hydrogen-bond acceptors (Lipinski definition) is 4. The van der Waals surface area contributed by atoms with Crippen molar-refractivity contribution in [2.75, 3.05) is 32.9 Å². The average Bonchev–Trinajstić information content (AvgIpc) is 2.24. The van der Waals surface area contributed by atoms with E-state index in [1.165, 1.54) is 4.90 Å². The van der Waals surface area contributed by atoms with Crippen LogP contribution < -0.4 is 5.32 Å². The first-order valence-electron chi connectivity index (χ1n) is 5.42. The van der Waals surface area contributed by atoms with Crippen molar-refractivity contribution in [3.63, 3.8) is 0 Å². The fraction of sp³-hybridized carbons (Fsp3) is 0.800. The molecule has 92 valence electrons. The van der Waals surface area contributed by atoms with Gasteiger partial charge in [-0.2, -0.15) is 0 Å². The molecule has 5 nitrogen and oxygen atoms in total. The molecule has 1 aliphatic heterocycles. The molecule has 0 radical (unpaired) electrons.